The molecule has 0 aromatic carbocycles. The fourth-order valence-electron chi connectivity index (χ4n) is 7.53. The molecule has 0 aromatic heterocycles. The largest absolute Gasteiger partial charge is 0.462 e. The first kappa shape index (κ1) is 56.1. The molecule has 0 radical (unpaired) electrons. The molecule has 0 bridgehead atoms. The van der Waals surface area contributed by atoms with Crippen LogP contribution in [0.15, 0.2) is 24.8 Å². The molecule has 0 saturated carbocycles. The predicted octanol–water partition coefficient (Wildman–Crippen LogP) is 5.60. The van der Waals surface area contributed by atoms with Crippen molar-refractivity contribution in [2.24, 2.45) is 0 Å². The van der Waals surface area contributed by atoms with E-state index in [0.717, 1.165) is 64.2 Å². The van der Waals surface area contributed by atoms with Crippen molar-refractivity contribution in [3.63, 3.8) is 0 Å². The number of esters is 2. The lowest BCUT2D eigenvalue weighted by atomic mass is 9.98. The van der Waals surface area contributed by atoms with E-state index in [1.807, 2.05) is 6.08 Å². The van der Waals surface area contributed by atoms with Gasteiger partial charge in [0.1, 0.15) is 55.4 Å². The minimum Gasteiger partial charge on any atom is -0.462 e. The predicted molar refractivity (Wildman–Crippen MR) is 234 cm³/mol. The number of aliphatic hydroxyl groups is 7. The number of allylic oxidation sites excluding steroid dienone is 3. The zero-order chi connectivity index (χ0) is 45.4. The molecular weight excluding hydrogens is 805 g/mol. The van der Waals surface area contributed by atoms with Gasteiger partial charge in [0.2, 0.25) is 0 Å². The Labute approximate surface area is 371 Å². The lowest BCUT2D eigenvalue weighted by Gasteiger charge is -2.42. The van der Waals surface area contributed by atoms with Crippen LogP contribution in [-0.2, 0) is 38.0 Å². The van der Waals surface area contributed by atoms with Gasteiger partial charge in [0.15, 0.2) is 18.7 Å². The molecule has 0 aliphatic carbocycles. The fraction of sp³-hybridized carbons (Fsp3) is 0.872. The van der Waals surface area contributed by atoms with Crippen LogP contribution in [0.5, 0.6) is 0 Å². The van der Waals surface area contributed by atoms with Gasteiger partial charge in [0, 0.05) is 12.8 Å². The Morgan fingerprint density at radius 1 is 0.548 bits per heavy atom. The van der Waals surface area contributed by atoms with Crippen LogP contribution in [0.1, 0.15) is 167 Å². The minimum atomic E-state index is -1.76. The smallest absolute Gasteiger partial charge is 0.306 e. The van der Waals surface area contributed by atoms with Gasteiger partial charge in [-0.15, -0.1) is 6.58 Å². The maximum atomic E-state index is 13.0. The molecule has 15 heteroatoms. The summed E-state index contributed by atoms with van der Waals surface area (Å²) < 4.78 is 33.5. The second kappa shape index (κ2) is 35.3. The number of hydrogen-bond donors (Lipinski definition) is 7. The van der Waals surface area contributed by atoms with Gasteiger partial charge in [0.05, 0.1) is 19.8 Å². The van der Waals surface area contributed by atoms with E-state index >= 15 is 0 Å². The van der Waals surface area contributed by atoms with E-state index in [4.69, 9.17) is 28.4 Å². The minimum absolute atomic E-state index is 0.163. The number of unbranched alkanes of at least 4 members (excludes halogenated alkanes) is 20. The van der Waals surface area contributed by atoms with Gasteiger partial charge < -0.3 is 64.2 Å². The summed E-state index contributed by atoms with van der Waals surface area (Å²) in [4.78, 5) is 25.6. The highest BCUT2D eigenvalue weighted by Crippen LogP contribution is 2.26. The van der Waals surface area contributed by atoms with Crippen LogP contribution in [0.2, 0.25) is 0 Å². The molecular formula is C47H84O15. The van der Waals surface area contributed by atoms with Crippen LogP contribution in [0.3, 0.4) is 0 Å². The molecule has 0 aromatic rings. The molecule has 2 aliphatic rings. The molecule has 2 saturated heterocycles. The maximum absolute atomic E-state index is 13.0. The molecule has 62 heavy (non-hydrogen) atoms. The van der Waals surface area contributed by atoms with Crippen LogP contribution in [0, 0.1) is 0 Å². The second-order valence-corrected chi connectivity index (χ2v) is 17.0. The van der Waals surface area contributed by atoms with E-state index in [1.165, 1.54) is 70.6 Å². The van der Waals surface area contributed by atoms with Crippen LogP contribution in [-0.4, -0.2) is 142 Å². The van der Waals surface area contributed by atoms with Crippen molar-refractivity contribution < 1.29 is 73.8 Å². The summed E-state index contributed by atoms with van der Waals surface area (Å²) in [6, 6.07) is 0. The first-order valence-corrected chi connectivity index (χ1v) is 23.9. The first-order chi connectivity index (χ1) is 30.0. The number of hydrogen-bond acceptors (Lipinski definition) is 15. The third-order valence-corrected chi connectivity index (χ3v) is 11.5. The van der Waals surface area contributed by atoms with Gasteiger partial charge in [-0.3, -0.25) is 9.59 Å². The molecule has 4 unspecified atom stereocenters. The summed E-state index contributed by atoms with van der Waals surface area (Å²) in [6.45, 7) is 4.06. The summed E-state index contributed by atoms with van der Waals surface area (Å²) in [5.74, 6) is -0.937. The van der Waals surface area contributed by atoms with Gasteiger partial charge >= 0.3 is 11.9 Å². The van der Waals surface area contributed by atoms with Gasteiger partial charge in [-0.1, -0.05) is 128 Å². The number of aliphatic hydroxyl groups excluding tert-OH is 7. The molecule has 0 amide bonds. The Hall–Kier alpha value is -2.02. The number of ether oxygens (including phenoxy) is 6. The Morgan fingerprint density at radius 2 is 1.00 bits per heavy atom. The average molecular weight is 889 g/mol. The molecule has 7 N–H and O–H groups in total. The van der Waals surface area contributed by atoms with E-state index < -0.39 is 92.7 Å². The Balaban J connectivity index is 1.83. The third kappa shape index (κ3) is 23.8. The normalized spacial score (nSPS) is 27.0. The molecule has 2 fully saturated rings. The van der Waals surface area contributed by atoms with Crippen LogP contribution in [0.25, 0.3) is 0 Å². The average Bonchev–Trinajstić information content (AvgIpc) is 3.26. The monoisotopic (exact) mass is 889 g/mol. The Bertz CT molecular complexity index is 1170. The van der Waals surface area contributed by atoms with Crippen molar-refractivity contribution in [3.8, 4) is 0 Å². The highest BCUT2D eigenvalue weighted by atomic mass is 16.7. The number of carbonyl (C=O) groups is 2. The van der Waals surface area contributed by atoms with Crippen molar-refractivity contribution >= 4 is 11.9 Å². The van der Waals surface area contributed by atoms with Crippen LogP contribution < -0.4 is 0 Å². The van der Waals surface area contributed by atoms with Gasteiger partial charge in [-0.2, -0.15) is 0 Å². The number of carbonyl (C=O) groups excluding carboxylic acids is 2. The fourth-order valence-corrected chi connectivity index (χ4v) is 7.53. The molecule has 2 aliphatic heterocycles. The molecule has 362 valence electrons. The SMILES string of the molecule is C=CCCCCCCCCCCCCCCCC(=O)O[C@H](COC(=O)CCCCCCC/C=C/CCCC)CO[C@@H]1O[C@H](CO[C@@H]2O[C@H](CO)[C@H](O)C(O)C2O)[C@H](O)C(O)C1O. The van der Waals surface area contributed by atoms with Crippen molar-refractivity contribution in [1.29, 1.82) is 0 Å². The summed E-state index contributed by atoms with van der Waals surface area (Å²) in [5, 5.41) is 71.9. The summed E-state index contributed by atoms with van der Waals surface area (Å²) >= 11 is 0. The van der Waals surface area contributed by atoms with Crippen LogP contribution in [0.4, 0.5) is 0 Å². The molecule has 15 nitrogen and oxygen atoms in total. The van der Waals surface area contributed by atoms with Gasteiger partial charge in [0.25, 0.3) is 0 Å². The molecule has 2 heterocycles. The van der Waals surface area contributed by atoms with E-state index in [9.17, 15) is 45.3 Å². The Kier molecular flexibility index (Phi) is 31.9. The number of rotatable bonds is 37. The molecule has 2 rings (SSSR count). The summed E-state index contributed by atoms with van der Waals surface area (Å²) in [7, 11) is 0. The van der Waals surface area contributed by atoms with Crippen molar-refractivity contribution in [3.05, 3.63) is 24.8 Å². The first-order valence-electron chi connectivity index (χ1n) is 23.9. The highest BCUT2D eigenvalue weighted by Gasteiger charge is 2.47. The zero-order valence-electron chi connectivity index (χ0n) is 37.7. The van der Waals surface area contributed by atoms with E-state index in [2.05, 4.69) is 25.7 Å². The maximum Gasteiger partial charge on any atom is 0.306 e. The second-order valence-electron chi connectivity index (χ2n) is 17.0. The zero-order valence-corrected chi connectivity index (χ0v) is 37.7. The highest BCUT2D eigenvalue weighted by molar-refractivity contribution is 5.70. The van der Waals surface area contributed by atoms with Crippen molar-refractivity contribution in [2.45, 2.75) is 235 Å². The topological polar surface area (TPSA) is 231 Å². The van der Waals surface area contributed by atoms with E-state index in [1.54, 1.807) is 0 Å². The van der Waals surface area contributed by atoms with Crippen LogP contribution >= 0.6 is 0 Å². The lowest BCUT2D eigenvalue weighted by molar-refractivity contribution is -0.332. The standard InChI is InChI=1S/C47H84O15/c1-3-5-7-9-11-13-15-16-17-18-20-22-24-26-28-30-39(50)60-35(32-57-38(49)29-27-25-23-21-19-14-12-10-8-6-4-2)33-58-46-45(56)43(54)41(52)37(62-46)34-59-47-44(55)42(53)40(51)36(31-48)61-47/h3,10,12,35-37,40-48,51-56H,1,4-9,11,13-34H2,2H3/b12-10+/t35-,36-,37-,40+,41+,42?,43?,44?,45?,46-,47-/m1/s1. The van der Waals surface area contributed by atoms with Crippen molar-refractivity contribution in [2.75, 3.05) is 26.4 Å². The van der Waals surface area contributed by atoms with Crippen molar-refractivity contribution in [1.82, 2.24) is 0 Å². The van der Waals surface area contributed by atoms with Gasteiger partial charge in [-0.25, -0.2) is 0 Å². The quantitative estimate of drug-likeness (QED) is 0.0229. The third-order valence-electron chi connectivity index (χ3n) is 11.5. The summed E-state index contributed by atoms with van der Waals surface area (Å²) in [6.07, 6.45) is 15.4. The lowest BCUT2D eigenvalue weighted by Crippen LogP contribution is -2.61. The summed E-state index contributed by atoms with van der Waals surface area (Å²) in [5.41, 5.74) is 0. The van der Waals surface area contributed by atoms with Gasteiger partial charge in [-0.05, 0) is 44.9 Å². The van der Waals surface area contributed by atoms with E-state index in [-0.39, 0.29) is 26.1 Å². The molecule has 0 spiro atoms. The van der Waals surface area contributed by atoms with E-state index in [0.29, 0.717) is 12.8 Å². The Morgan fingerprint density at radius 3 is 1.53 bits per heavy atom. The molecule has 11 atom stereocenters.